The molecule has 14 nitrogen and oxygen atoms in total. The lowest BCUT2D eigenvalue weighted by Crippen LogP contribution is -2.40. The van der Waals surface area contributed by atoms with E-state index in [0.29, 0.717) is 25.7 Å². The number of hydrogen-bond donors (Lipinski definition) is 0. The van der Waals surface area contributed by atoms with Gasteiger partial charge in [0.15, 0.2) is 39.3 Å². The minimum atomic E-state index is -4.63. The van der Waals surface area contributed by atoms with Crippen LogP contribution in [0.25, 0.3) is 20.9 Å². The van der Waals surface area contributed by atoms with Crippen molar-refractivity contribution in [2.45, 2.75) is 90.5 Å². The molecule has 0 saturated heterocycles. The Morgan fingerprint density at radius 3 is 1.20 bits per heavy atom. The lowest BCUT2D eigenvalue weighted by Gasteiger charge is -2.25. The second-order valence-electron chi connectivity index (χ2n) is 8.81. The summed E-state index contributed by atoms with van der Waals surface area (Å²) in [6.45, 7) is 0. The fourth-order valence-electron chi connectivity index (χ4n) is 4.55. The minimum absolute atomic E-state index is 0.233. The summed E-state index contributed by atoms with van der Waals surface area (Å²) in [6, 6.07) is 0. The summed E-state index contributed by atoms with van der Waals surface area (Å²) in [7, 11) is -18.1. The van der Waals surface area contributed by atoms with Crippen molar-refractivity contribution in [1.82, 2.24) is 0 Å². The summed E-state index contributed by atoms with van der Waals surface area (Å²) in [5.74, 6) is -1.96. The zero-order valence-electron chi connectivity index (χ0n) is 19.1. The number of sulfone groups is 4. The van der Waals surface area contributed by atoms with Crippen LogP contribution >= 0.6 is 0 Å². The quantitative estimate of drug-likeness (QED) is 0.190. The number of rotatable bonds is 12. The average Bonchev–Trinajstić information content (AvgIpc) is 2.81. The standard InChI is InChI=1S/C17H30N6O8S4/c18-22-20-16(34(28,29)14-8-3-1-4-9-14)32(24,25)12-7-13-33(26,27)17(21-23-19)35(30,31)15-10-5-2-6-11-15/h14-17H,1-13H2. The van der Waals surface area contributed by atoms with Crippen LogP contribution < -0.4 is 0 Å². The molecule has 2 aliphatic rings. The van der Waals surface area contributed by atoms with Crippen molar-refractivity contribution in [3.63, 3.8) is 0 Å². The summed E-state index contributed by atoms with van der Waals surface area (Å²) >= 11 is 0. The Morgan fingerprint density at radius 2 is 0.914 bits per heavy atom. The SMILES string of the molecule is [N-]=[N+]=NC(S(=O)(=O)CCCS(=O)(=O)C(N=[N+]=[N-])S(=O)(=O)C1CCCCC1)S(=O)(=O)C1CCCCC1. The molecule has 0 bridgehead atoms. The molecule has 0 aliphatic heterocycles. The first-order valence-corrected chi connectivity index (χ1v) is 17.9. The fourth-order valence-corrected chi connectivity index (χ4v) is 14.4. The van der Waals surface area contributed by atoms with E-state index < -0.39 is 77.2 Å². The van der Waals surface area contributed by atoms with E-state index in [9.17, 15) is 33.7 Å². The normalized spacial score (nSPS) is 20.8. The molecule has 0 N–H and O–H groups in total. The molecule has 35 heavy (non-hydrogen) atoms. The topological polar surface area (TPSA) is 234 Å². The minimum Gasteiger partial charge on any atom is -0.227 e. The highest BCUT2D eigenvalue weighted by Crippen LogP contribution is 2.31. The van der Waals surface area contributed by atoms with Crippen molar-refractivity contribution in [2.75, 3.05) is 11.5 Å². The molecule has 2 atom stereocenters. The van der Waals surface area contributed by atoms with Gasteiger partial charge in [-0.3, -0.25) is 0 Å². The highest BCUT2D eigenvalue weighted by molar-refractivity contribution is 8.10. The lowest BCUT2D eigenvalue weighted by molar-refractivity contribution is 0.481. The predicted octanol–water partition coefficient (Wildman–Crippen LogP) is 2.89. The first-order chi connectivity index (χ1) is 16.3. The molecule has 2 saturated carbocycles. The average molecular weight is 575 g/mol. The Kier molecular flexibility index (Phi) is 10.3. The van der Waals surface area contributed by atoms with Gasteiger partial charge < -0.3 is 0 Å². The summed E-state index contributed by atoms with van der Waals surface area (Å²) in [6.07, 6.45) is 4.21. The zero-order chi connectivity index (χ0) is 26.3. The van der Waals surface area contributed by atoms with Gasteiger partial charge in [-0.1, -0.05) is 48.8 Å². The number of azide groups is 2. The third-order valence-electron chi connectivity index (χ3n) is 6.36. The van der Waals surface area contributed by atoms with E-state index in [4.69, 9.17) is 11.1 Å². The molecule has 0 aromatic heterocycles. The van der Waals surface area contributed by atoms with Crippen LogP contribution in [0.15, 0.2) is 10.2 Å². The molecule has 0 aromatic carbocycles. The monoisotopic (exact) mass is 574 g/mol. The van der Waals surface area contributed by atoms with Gasteiger partial charge in [-0.05, 0) is 43.2 Å². The summed E-state index contributed by atoms with van der Waals surface area (Å²) in [5.41, 5.74) is 17.6. The maximum absolute atomic E-state index is 12.9. The zero-order valence-corrected chi connectivity index (χ0v) is 22.4. The molecule has 200 valence electrons. The highest BCUT2D eigenvalue weighted by atomic mass is 32.3. The smallest absolute Gasteiger partial charge is 0.227 e. The van der Waals surface area contributed by atoms with Crippen molar-refractivity contribution in [3.05, 3.63) is 20.9 Å². The van der Waals surface area contributed by atoms with Crippen LogP contribution in [0.4, 0.5) is 0 Å². The number of hydrogen-bond acceptors (Lipinski definition) is 10. The van der Waals surface area contributed by atoms with Gasteiger partial charge in [-0.15, -0.1) is 0 Å². The Balaban J connectivity index is 2.21. The first kappa shape index (κ1) is 29.6. The molecule has 0 amide bonds. The van der Waals surface area contributed by atoms with Gasteiger partial charge in [0.25, 0.3) is 0 Å². The second-order valence-corrected chi connectivity index (χ2v) is 18.3. The maximum Gasteiger partial charge on any atom is 0.240 e. The molecular formula is C17H30N6O8S4. The van der Waals surface area contributed by atoms with Crippen LogP contribution in [0.3, 0.4) is 0 Å². The fraction of sp³-hybridized carbons (Fsp3) is 1.00. The van der Waals surface area contributed by atoms with Gasteiger partial charge in [0.05, 0.1) is 22.0 Å². The lowest BCUT2D eigenvalue weighted by atomic mass is 10.0. The van der Waals surface area contributed by atoms with E-state index in [1.165, 1.54) is 0 Å². The molecule has 0 spiro atoms. The second kappa shape index (κ2) is 12.1. The molecular weight excluding hydrogens is 544 g/mol. The Bertz CT molecular complexity index is 1170. The molecule has 2 rings (SSSR count). The van der Waals surface area contributed by atoms with Gasteiger partial charge in [0, 0.05) is 9.82 Å². The summed E-state index contributed by atoms with van der Waals surface area (Å²) < 4.78 is 97.9. The van der Waals surface area contributed by atoms with E-state index in [-0.39, 0.29) is 25.7 Å². The summed E-state index contributed by atoms with van der Waals surface area (Å²) in [4.78, 5) is 4.74. The van der Waals surface area contributed by atoms with Gasteiger partial charge in [0.1, 0.15) is 0 Å². The van der Waals surface area contributed by atoms with E-state index >= 15 is 0 Å². The largest absolute Gasteiger partial charge is 0.240 e. The Hall–Kier alpha value is -1.58. The Labute approximate surface area is 205 Å². The van der Waals surface area contributed by atoms with Crippen molar-refractivity contribution < 1.29 is 33.7 Å². The molecule has 0 aromatic rings. The first-order valence-electron chi connectivity index (χ1n) is 11.3. The third kappa shape index (κ3) is 7.23. The van der Waals surface area contributed by atoms with E-state index in [0.717, 1.165) is 12.8 Å². The van der Waals surface area contributed by atoms with Crippen molar-refractivity contribution in [1.29, 1.82) is 0 Å². The molecule has 2 unspecified atom stereocenters. The van der Waals surface area contributed by atoms with Crippen LogP contribution in [0.1, 0.15) is 70.6 Å². The number of nitrogens with zero attached hydrogens (tertiary/aromatic N) is 6. The van der Waals surface area contributed by atoms with E-state index in [1.54, 1.807) is 0 Å². The Morgan fingerprint density at radius 1 is 0.600 bits per heavy atom. The van der Waals surface area contributed by atoms with Crippen LogP contribution in [0.2, 0.25) is 0 Å². The third-order valence-corrected chi connectivity index (χ3v) is 17.0. The van der Waals surface area contributed by atoms with Crippen LogP contribution in [-0.4, -0.2) is 65.1 Å². The summed E-state index contributed by atoms with van der Waals surface area (Å²) in [5, 5.41) is 4.06. The van der Waals surface area contributed by atoms with Gasteiger partial charge >= 0.3 is 0 Å². The molecule has 18 heteroatoms. The van der Waals surface area contributed by atoms with Gasteiger partial charge in [0.2, 0.25) is 9.41 Å². The van der Waals surface area contributed by atoms with Gasteiger partial charge in [-0.2, -0.15) is 0 Å². The predicted molar refractivity (Wildman–Crippen MR) is 130 cm³/mol. The van der Waals surface area contributed by atoms with Crippen molar-refractivity contribution >= 4 is 39.3 Å². The molecule has 0 radical (unpaired) electrons. The van der Waals surface area contributed by atoms with Crippen molar-refractivity contribution in [3.8, 4) is 0 Å². The van der Waals surface area contributed by atoms with Gasteiger partial charge in [-0.25, -0.2) is 33.7 Å². The van der Waals surface area contributed by atoms with Crippen LogP contribution in [-0.2, 0) is 39.3 Å². The molecule has 2 fully saturated rings. The molecule has 2 aliphatic carbocycles. The van der Waals surface area contributed by atoms with Crippen LogP contribution in [0, 0.1) is 0 Å². The van der Waals surface area contributed by atoms with Crippen LogP contribution in [0.5, 0.6) is 0 Å². The molecule has 0 heterocycles. The van der Waals surface area contributed by atoms with Crippen molar-refractivity contribution in [2.24, 2.45) is 10.2 Å². The van der Waals surface area contributed by atoms with E-state index in [2.05, 4.69) is 20.1 Å². The van der Waals surface area contributed by atoms with E-state index in [1.807, 2.05) is 0 Å². The highest BCUT2D eigenvalue weighted by Gasteiger charge is 2.44. The maximum atomic E-state index is 12.9.